The van der Waals surface area contributed by atoms with Crippen LogP contribution < -0.4 is 5.32 Å². The largest absolute Gasteiger partial charge is 0.379 e. The first-order valence-corrected chi connectivity index (χ1v) is 25.5. The lowest BCUT2D eigenvalue weighted by Gasteiger charge is -2.41. The van der Waals surface area contributed by atoms with Gasteiger partial charge in [0.1, 0.15) is 0 Å². The van der Waals surface area contributed by atoms with Gasteiger partial charge in [-0.05, 0) is 156 Å². The Morgan fingerprint density at radius 3 is 1.91 bits per heavy atom. The molecule has 0 fully saturated rings. The van der Waals surface area contributed by atoms with Gasteiger partial charge >= 0.3 is 0 Å². The Kier molecular flexibility index (Phi) is 13.2. The highest BCUT2D eigenvalue weighted by molar-refractivity contribution is 5.88. The number of rotatable bonds is 15. The summed E-state index contributed by atoms with van der Waals surface area (Å²) in [5, 5.41) is 4.23. The van der Waals surface area contributed by atoms with Crippen molar-refractivity contribution in [2.75, 3.05) is 5.32 Å². The first kappa shape index (κ1) is 46.9. The van der Waals surface area contributed by atoms with E-state index in [1.54, 1.807) is 5.57 Å². The standard InChI is InChI=1S/C67H73N/c1-11-66(9,44-48(6)59(40-49-27-24-45(3)25-28-49)53-31-29-52(30-32-53)50-19-15-13-16-20-50)55-34-36-57-58-37-35-56(43-63(58)65(7,8)62(57)42-55)67(10,12-2)68-64-38-33-54(51-21-17-14-18-22-51)41-61(64)60-39-46(4)23-26-47(60)5/h13-39,41-42,48,56,59,68H,11-12,40,43-44H2,1-10H3. The fourth-order valence-electron chi connectivity index (χ4n) is 11.8. The fourth-order valence-corrected chi connectivity index (χ4v) is 11.8. The summed E-state index contributed by atoms with van der Waals surface area (Å²) in [6, 6.07) is 61.8. The molecule has 2 aliphatic rings. The quantitative estimate of drug-likeness (QED) is 0.108. The average molecular weight is 892 g/mol. The Balaban J connectivity index is 0.978. The smallest absolute Gasteiger partial charge is 0.0424 e. The third-order valence-corrected chi connectivity index (χ3v) is 16.7. The van der Waals surface area contributed by atoms with Crippen LogP contribution >= 0.6 is 0 Å². The maximum atomic E-state index is 4.23. The van der Waals surface area contributed by atoms with Gasteiger partial charge in [0.2, 0.25) is 0 Å². The molecule has 0 amide bonds. The summed E-state index contributed by atoms with van der Waals surface area (Å²) in [6.07, 6.45) is 10.3. The Hall–Kier alpha value is -6.18. The van der Waals surface area contributed by atoms with Gasteiger partial charge in [-0.15, -0.1) is 0 Å². The molecular weight excluding hydrogens is 819 g/mol. The van der Waals surface area contributed by atoms with Crippen molar-refractivity contribution in [2.24, 2.45) is 11.8 Å². The van der Waals surface area contributed by atoms with E-state index < -0.39 is 0 Å². The monoisotopic (exact) mass is 892 g/mol. The van der Waals surface area contributed by atoms with Gasteiger partial charge in [-0.1, -0.05) is 222 Å². The fraction of sp³-hybridized carbons (Fsp3) is 0.313. The molecule has 346 valence electrons. The Morgan fingerprint density at radius 1 is 0.618 bits per heavy atom. The molecule has 0 bridgehead atoms. The highest BCUT2D eigenvalue weighted by Crippen LogP contribution is 2.54. The van der Waals surface area contributed by atoms with Crippen molar-refractivity contribution in [1.82, 2.24) is 0 Å². The third kappa shape index (κ3) is 9.22. The molecule has 1 N–H and O–H groups in total. The van der Waals surface area contributed by atoms with Crippen molar-refractivity contribution in [3.63, 3.8) is 0 Å². The second-order valence-electron chi connectivity index (χ2n) is 21.7. The molecule has 7 aromatic carbocycles. The van der Waals surface area contributed by atoms with E-state index in [9.17, 15) is 0 Å². The molecule has 0 aromatic heterocycles. The minimum Gasteiger partial charge on any atom is -0.379 e. The van der Waals surface area contributed by atoms with Crippen LogP contribution in [0.2, 0.25) is 0 Å². The van der Waals surface area contributed by atoms with Crippen molar-refractivity contribution in [1.29, 1.82) is 0 Å². The van der Waals surface area contributed by atoms with Gasteiger partial charge in [0.05, 0.1) is 0 Å². The van der Waals surface area contributed by atoms with Gasteiger partial charge in [0.25, 0.3) is 0 Å². The maximum absolute atomic E-state index is 4.23. The summed E-state index contributed by atoms with van der Waals surface area (Å²) in [6.45, 7) is 23.9. The van der Waals surface area contributed by atoms with E-state index in [1.807, 2.05) is 0 Å². The van der Waals surface area contributed by atoms with Gasteiger partial charge in [-0.25, -0.2) is 0 Å². The molecule has 7 aromatic rings. The summed E-state index contributed by atoms with van der Waals surface area (Å²) in [5.74, 6) is 1.19. The molecule has 68 heavy (non-hydrogen) atoms. The number of hydrogen-bond donors (Lipinski definition) is 1. The Bertz CT molecular complexity index is 2950. The molecule has 1 heteroatoms. The van der Waals surface area contributed by atoms with E-state index in [1.165, 1.54) is 89.1 Å². The van der Waals surface area contributed by atoms with Crippen LogP contribution in [-0.2, 0) is 17.3 Å². The van der Waals surface area contributed by atoms with Crippen molar-refractivity contribution in [3.05, 3.63) is 226 Å². The van der Waals surface area contributed by atoms with E-state index in [2.05, 4.69) is 250 Å². The van der Waals surface area contributed by atoms with E-state index >= 15 is 0 Å². The summed E-state index contributed by atoms with van der Waals surface area (Å²) < 4.78 is 0. The van der Waals surface area contributed by atoms with Crippen LogP contribution in [0.5, 0.6) is 0 Å². The van der Waals surface area contributed by atoms with Crippen LogP contribution in [0, 0.1) is 32.6 Å². The van der Waals surface area contributed by atoms with Crippen molar-refractivity contribution < 1.29 is 0 Å². The topological polar surface area (TPSA) is 12.0 Å². The lowest BCUT2D eigenvalue weighted by molar-refractivity contribution is 0.304. The summed E-state index contributed by atoms with van der Waals surface area (Å²) in [4.78, 5) is 0. The second-order valence-corrected chi connectivity index (χ2v) is 21.7. The summed E-state index contributed by atoms with van der Waals surface area (Å²) in [7, 11) is 0. The molecule has 0 radical (unpaired) electrons. The maximum Gasteiger partial charge on any atom is 0.0424 e. The van der Waals surface area contributed by atoms with Crippen LogP contribution in [0.3, 0.4) is 0 Å². The van der Waals surface area contributed by atoms with Gasteiger partial charge < -0.3 is 5.32 Å². The number of anilines is 1. The molecule has 0 heterocycles. The number of hydrogen-bond acceptors (Lipinski definition) is 1. The molecule has 9 rings (SSSR count). The first-order valence-electron chi connectivity index (χ1n) is 25.5. The number of aryl methyl sites for hydroxylation is 3. The van der Waals surface area contributed by atoms with Crippen LogP contribution in [0.1, 0.15) is 125 Å². The number of benzene rings is 7. The van der Waals surface area contributed by atoms with Crippen LogP contribution in [-0.4, -0.2) is 5.54 Å². The number of allylic oxidation sites excluding steroid dienone is 3. The third-order valence-electron chi connectivity index (χ3n) is 16.7. The average Bonchev–Trinajstić information content (AvgIpc) is 3.59. The molecule has 0 saturated heterocycles. The minimum absolute atomic E-state index is 0.0234. The minimum atomic E-state index is -0.167. The predicted octanol–water partition coefficient (Wildman–Crippen LogP) is 18.2. The van der Waals surface area contributed by atoms with Crippen LogP contribution in [0.15, 0.2) is 182 Å². The zero-order valence-corrected chi connectivity index (χ0v) is 42.5. The van der Waals surface area contributed by atoms with E-state index in [4.69, 9.17) is 0 Å². The van der Waals surface area contributed by atoms with Gasteiger partial charge in [0, 0.05) is 28.1 Å². The molecule has 0 spiro atoms. The van der Waals surface area contributed by atoms with Gasteiger partial charge in [-0.3, -0.25) is 0 Å². The van der Waals surface area contributed by atoms with Crippen LogP contribution in [0.25, 0.3) is 39.0 Å². The molecule has 0 aliphatic heterocycles. The molecule has 0 saturated carbocycles. The zero-order chi connectivity index (χ0) is 47.8. The Morgan fingerprint density at radius 2 is 1.25 bits per heavy atom. The zero-order valence-electron chi connectivity index (χ0n) is 42.5. The van der Waals surface area contributed by atoms with Crippen LogP contribution in [0.4, 0.5) is 5.69 Å². The molecular formula is C67H73N. The second kappa shape index (κ2) is 19.1. The van der Waals surface area contributed by atoms with E-state index in [0.29, 0.717) is 17.8 Å². The Labute approximate surface area is 409 Å². The summed E-state index contributed by atoms with van der Waals surface area (Å²) >= 11 is 0. The lowest BCUT2D eigenvalue weighted by Crippen LogP contribution is -2.43. The van der Waals surface area contributed by atoms with Crippen molar-refractivity contribution >= 4 is 11.3 Å². The van der Waals surface area contributed by atoms with Gasteiger partial charge in [0.15, 0.2) is 0 Å². The van der Waals surface area contributed by atoms with E-state index in [-0.39, 0.29) is 16.4 Å². The molecule has 5 atom stereocenters. The number of nitrogens with one attached hydrogen (secondary N) is 1. The predicted molar refractivity (Wildman–Crippen MR) is 294 cm³/mol. The van der Waals surface area contributed by atoms with E-state index in [0.717, 1.165) is 32.1 Å². The molecule has 5 unspecified atom stereocenters. The summed E-state index contributed by atoms with van der Waals surface area (Å²) in [5.41, 5.74) is 22.7. The normalized spacial score (nSPS) is 17.7. The highest BCUT2D eigenvalue weighted by atomic mass is 15.0. The molecule has 1 nitrogen and oxygen atoms in total. The number of fused-ring (bicyclic) bond motifs is 2. The SMILES string of the molecule is CCC(C)(CC(C)C(Cc1ccc(C)cc1)c1ccc(-c2ccccc2)cc1)c1ccc2c(c1)C(C)(C)C1=C2C=CC(C(C)(CC)Nc2ccc(-c3ccccc3)cc2-c2cc(C)ccc2C)C1. The van der Waals surface area contributed by atoms with Crippen molar-refractivity contribution in [3.8, 4) is 33.4 Å². The lowest BCUT2D eigenvalue weighted by atomic mass is 9.67. The first-order chi connectivity index (χ1) is 32.7. The molecule has 2 aliphatic carbocycles. The van der Waals surface area contributed by atoms with Crippen molar-refractivity contribution in [2.45, 2.75) is 124 Å². The highest BCUT2D eigenvalue weighted by Gasteiger charge is 2.44. The van der Waals surface area contributed by atoms with Gasteiger partial charge in [-0.2, -0.15) is 0 Å².